The van der Waals surface area contributed by atoms with Crippen molar-refractivity contribution in [1.82, 2.24) is 15.6 Å². The van der Waals surface area contributed by atoms with E-state index in [1.165, 1.54) is 0 Å². The lowest BCUT2D eigenvalue weighted by Crippen LogP contribution is -2.37. The van der Waals surface area contributed by atoms with E-state index < -0.39 is 0 Å². The number of hydrogen-bond donors (Lipinski definition) is 2. The summed E-state index contributed by atoms with van der Waals surface area (Å²) < 4.78 is 5.23. The highest BCUT2D eigenvalue weighted by Gasteiger charge is 2.13. The summed E-state index contributed by atoms with van der Waals surface area (Å²) in [6, 6.07) is 7.59. The Morgan fingerprint density at radius 3 is 2.81 bits per heavy atom. The van der Waals surface area contributed by atoms with Gasteiger partial charge in [0.05, 0.1) is 18.2 Å². The van der Waals surface area contributed by atoms with Crippen molar-refractivity contribution in [3.63, 3.8) is 0 Å². The zero-order valence-corrected chi connectivity index (χ0v) is 12.9. The van der Waals surface area contributed by atoms with Gasteiger partial charge in [0.15, 0.2) is 0 Å². The highest BCUT2D eigenvalue weighted by molar-refractivity contribution is 6.06. The predicted molar refractivity (Wildman–Crippen MR) is 83.9 cm³/mol. The van der Waals surface area contributed by atoms with Crippen LogP contribution in [0, 0.1) is 6.92 Å². The number of pyridine rings is 1. The molecule has 1 aromatic carbocycles. The lowest BCUT2D eigenvalue weighted by Gasteiger charge is -2.13. The highest BCUT2D eigenvalue weighted by Crippen LogP contribution is 2.23. The van der Waals surface area contributed by atoms with Crippen molar-refractivity contribution in [2.24, 2.45) is 0 Å². The molecule has 5 nitrogen and oxygen atoms in total. The van der Waals surface area contributed by atoms with Crippen LogP contribution in [0.4, 0.5) is 0 Å². The molecule has 0 radical (unpaired) electrons. The zero-order valence-electron chi connectivity index (χ0n) is 12.9. The van der Waals surface area contributed by atoms with Crippen molar-refractivity contribution in [3.8, 4) is 5.75 Å². The van der Waals surface area contributed by atoms with Gasteiger partial charge in [-0.3, -0.25) is 9.78 Å². The van der Waals surface area contributed by atoms with E-state index in [2.05, 4.69) is 15.6 Å². The number of likely N-dealkylation sites (N-methyl/N-ethyl adjacent to an activating group) is 1. The molecule has 112 valence electrons. The third-order valence-electron chi connectivity index (χ3n) is 3.45. The number of carbonyl (C=O) groups is 1. The van der Waals surface area contributed by atoms with Crippen LogP contribution in [0.5, 0.6) is 5.75 Å². The monoisotopic (exact) mass is 287 g/mol. The molecule has 0 aliphatic heterocycles. The molecule has 1 heterocycles. The molecule has 21 heavy (non-hydrogen) atoms. The molecule has 0 aliphatic carbocycles. The number of carbonyl (C=O) groups excluding carboxylic acids is 1. The Hall–Kier alpha value is -2.14. The molecule has 0 spiro atoms. The number of ether oxygens (including phenoxy) is 1. The quantitative estimate of drug-likeness (QED) is 0.881. The molecule has 1 aromatic heterocycles. The van der Waals surface area contributed by atoms with Crippen LogP contribution in [0.15, 0.2) is 24.3 Å². The first kappa shape index (κ1) is 15.3. The molecule has 0 saturated carbocycles. The minimum absolute atomic E-state index is 0.0964. The van der Waals surface area contributed by atoms with Crippen LogP contribution < -0.4 is 15.4 Å². The van der Waals surface area contributed by atoms with Gasteiger partial charge in [-0.2, -0.15) is 0 Å². The van der Waals surface area contributed by atoms with Gasteiger partial charge >= 0.3 is 0 Å². The average Bonchev–Trinajstić information content (AvgIpc) is 2.50. The van der Waals surface area contributed by atoms with Crippen LogP contribution in [0.2, 0.25) is 0 Å². The Labute approximate surface area is 124 Å². The molecule has 2 aromatic rings. The number of methoxy groups -OCH3 is 1. The fraction of sp³-hybridized carbons (Fsp3) is 0.375. The van der Waals surface area contributed by atoms with E-state index >= 15 is 0 Å². The number of benzene rings is 1. The number of amides is 1. The normalized spacial score (nSPS) is 12.2. The van der Waals surface area contributed by atoms with E-state index in [1.54, 1.807) is 13.2 Å². The Kier molecular flexibility index (Phi) is 4.75. The summed E-state index contributed by atoms with van der Waals surface area (Å²) in [5, 5.41) is 6.83. The minimum atomic E-state index is -0.0964. The molecule has 0 fully saturated rings. The second-order valence-corrected chi connectivity index (χ2v) is 5.09. The van der Waals surface area contributed by atoms with Gasteiger partial charge in [-0.15, -0.1) is 0 Å². The van der Waals surface area contributed by atoms with Crippen LogP contribution in [0.25, 0.3) is 10.9 Å². The molecule has 0 aliphatic rings. The molecule has 0 bridgehead atoms. The largest absolute Gasteiger partial charge is 0.497 e. The molecule has 2 N–H and O–H groups in total. The molecular formula is C16H21N3O2. The van der Waals surface area contributed by atoms with Crippen molar-refractivity contribution >= 4 is 16.8 Å². The van der Waals surface area contributed by atoms with Gasteiger partial charge in [0, 0.05) is 23.7 Å². The zero-order chi connectivity index (χ0) is 15.4. The van der Waals surface area contributed by atoms with Crippen LogP contribution in [-0.4, -0.2) is 37.6 Å². The van der Waals surface area contributed by atoms with Gasteiger partial charge in [-0.1, -0.05) is 0 Å². The standard InChI is InChI=1S/C16H21N3O2/c1-10-7-14(16(20)18-9-11(2)17-3)13-8-12(21-4)5-6-15(13)19-10/h5-8,11,17H,9H2,1-4H3,(H,18,20). The van der Waals surface area contributed by atoms with Gasteiger partial charge in [-0.25, -0.2) is 0 Å². The molecule has 0 saturated heterocycles. The molecule has 1 atom stereocenters. The maximum absolute atomic E-state index is 12.4. The fourth-order valence-electron chi connectivity index (χ4n) is 2.10. The van der Waals surface area contributed by atoms with Gasteiger partial charge in [0.25, 0.3) is 5.91 Å². The van der Waals surface area contributed by atoms with Crippen LogP contribution >= 0.6 is 0 Å². The summed E-state index contributed by atoms with van der Waals surface area (Å²) in [6.07, 6.45) is 0. The van der Waals surface area contributed by atoms with Crippen molar-refractivity contribution in [2.45, 2.75) is 19.9 Å². The fourth-order valence-corrected chi connectivity index (χ4v) is 2.10. The predicted octanol–water partition coefficient (Wildman–Crippen LogP) is 1.89. The summed E-state index contributed by atoms with van der Waals surface area (Å²) >= 11 is 0. The molecule has 1 amide bonds. The van der Waals surface area contributed by atoms with Crippen molar-refractivity contribution in [1.29, 1.82) is 0 Å². The molecular weight excluding hydrogens is 266 g/mol. The second kappa shape index (κ2) is 6.54. The number of nitrogens with zero attached hydrogens (tertiary/aromatic N) is 1. The van der Waals surface area contributed by atoms with E-state index in [-0.39, 0.29) is 11.9 Å². The van der Waals surface area contributed by atoms with E-state index in [0.717, 1.165) is 16.6 Å². The topological polar surface area (TPSA) is 63.2 Å². The van der Waals surface area contributed by atoms with Crippen molar-refractivity contribution in [3.05, 3.63) is 35.5 Å². The molecule has 5 heteroatoms. The molecule has 1 unspecified atom stereocenters. The van der Waals surface area contributed by atoms with Crippen molar-refractivity contribution < 1.29 is 9.53 Å². The third-order valence-corrected chi connectivity index (χ3v) is 3.45. The number of rotatable bonds is 5. The first-order valence-electron chi connectivity index (χ1n) is 6.96. The second-order valence-electron chi connectivity index (χ2n) is 5.09. The smallest absolute Gasteiger partial charge is 0.252 e. The summed E-state index contributed by atoms with van der Waals surface area (Å²) in [7, 11) is 3.48. The maximum Gasteiger partial charge on any atom is 0.252 e. The van der Waals surface area contributed by atoms with Crippen molar-refractivity contribution in [2.75, 3.05) is 20.7 Å². The Morgan fingerprint density at radius 2 is 2.14 bits per heavy atom. The Balaban J connectivity index is 2.39. The number of fused-ring (bicyclic) bond motifs is 1. The van der Waals surface area contributed by atoms with Crippen LogP contribution in [-0.2, 0) is 0 Å². The lowest BCUT2D eigenvalue weighted by atomic mass is 10.1. The van der Waals surface area contributed by atoms with Gasteiger partial charge in [0.2, 0.25) is 0 Å². The Bertz CT molecular complexity index is 655. The number of nitrogens with one attached hydrogen (secondary N) is 2. The summed E-state index contributed by atoms with van der Waals surface area (Å²) in [5.41, 5.74) is 2.24. The highest BCUT2D eigenvalue weighted by atomic mass is 16.5. The van der Waals surface area contributed by atoms with E-state index in [1.807, 2.05) is 39.1 Å². The number of aromatic nitrogens is 1. The summed E-state index contributed by atoms with van der Waals surface area (Å²) in [4.78, 5) is 16.9. The average molecular weight is 287 g/mol. The third kappa shape index (κ3) is 3.49. The van der Waals surface area contributed by atoms with Gasteiger partial charge in [-0.05, 0) is 45.2 Å². The van der Waals surface area contributed by atoms with E-state index in [9.17, 15) is 4.79 Å². The minimum Gasteiger partial charge on any atom is -0.497 e. The summed E-state index contributed by atoms with van der Waals surface area (Å²) in [6.45, 7) is 4.47. The van der Waals surface area contributed by atoms with E-state index in [0.29, 0.717) is 17.9 Å². The number of hydrogen-bond acceptors (Lipinski definition) is 4. The molecule has 2 rings (SSSR count). The van der Waals surface area contributed by atoms with Gasteiger partial charge < -0.3 is 15.4 Å². The van der Waals surface area contributed by atoms with E-state index in [4.69, 9.17) is 4.74 Å². The first-order valence-corrected chi connectivity index (χ1v) is 6.96. The maximum atomic E-state index is 12.4. The van der Waals surface area contributed by atoms with Gasteiger partial charge in [0.1, 0.15) is 5.75 Å². The van der Waals surface area contributed by atoms with Crippen LogP contribution in [0.1, 0.15) is 23.0 Å². The van der Waals surface area contributed by atoms with Crippen LogP contribution in [0.3, 0.4) is 0 Å². The first-order chi connectivity index (χ1) is 10.0. The summed E-state index contributed by atoms with van der Waals surface area (Å²) in [5.74, 6) is 0.617. The SMILES string of the molecule is CNC(C)CNC(=O)c1cc(C)nc2ccc(OC)cc12. The number of aryl methyl sites for hydroxylation is 1. The lowest BCUT2D eigenvalue weighted by molar-refractivity contribution is 0.0952. The Morgan fingerprint density at radius 1 is 1.38 bits per heavy atom.